The molecule has 0 unspecified atom stereocenters. The number of hydrogen-bond donors (Lipinski definition) is 0. The third-order valence-electron chi connectivity index (χ3n) is 5.93. The largest absolute Gasteiger partial charge is 0.0654 e. The molecule has 4 rings (SSSR count). The minimum absolute atomic E-state index is 0.790. The highest BCUT2D eigenvalue weighted by molar-refractivity contribution is 5.83. The average Bonchev–Trinajstić information content (AvgIpc) is 3.10. The number of benzene rings is 2. The quantitative estimate of drug-likeness (QED) is 0.531. The molecule has 0 heteroatoms. The van der Waals surface area contributed by atoms with Gasteiger partial charge in [-0.1, -0.05) is 86.7 Å². The standard InChI is InChI=1S/C25H29/c1-2-3-8-19-17-23-11-7-12-24(25(23)18-19)22-15-13-21(14-16-22)20-9-5-4-6-10-20/h7,11-18,20H,2-6,8-10H2,1H3. The first-order chi connectivity index (χ1) is 12.3. The highest BCUT2D eigenvalue weighted by atomic mass is 14.2. The molecule has 1 radical (unpaired) electrons. The molecule has 0 N–H and O–H groups in total. The van der Waals surface area contributed by atoms with E-state index in [9.17, 15) is 0 Å². The maximum Gasteiger partial charge on any atom is 0.0164 e. The number of hydrogen-bond acceptors (Lipinski definition) is 0. The molecule has 0 heterocycles. The van der Waals surface area contributed by atoms with E-state index in [-0.39, 0.29) is 0 Å². The van der Waals surface area contributed by atoms with Crippen molar-refractivity contribution in [2.45, 2.75) is 64.2 Å². The van der Waals surface area contributed by atoms with Crippen LogP contribution >= 0.6 is 0 Å². The van der Waals surface area contributed by atoms with E-state index in [1.165, 1.54) is 79.2 Å². The molecule has 0 nitrogen and oxygen atoms in total. The van der Waals surface area contributed by atoms with Crippen LogP contribution in [-0.2, 0) is 0 Å². The molecule has 0 amide bonds. The SMILES string of the molecule is CCCCC1=Cc2c(cccc2-c2ccc(C3CCCCC3)cc2)[CH]1. The number of unbranched alkanes of at least 4 members (excludes halogenated alkanes) is 1. The Kier molecular flexibility index (Phi) is 5.06. The van der Waals surface area contributed by atoms with Gasteiger partial charge in [-0.25, -0.2) is 0 Å². The molecule has 25 heavy (non-hydrogen) atoms. The van der Waals surface area contributed by atoms with Crippen LogP contribution in [0, 0.1) is 6.42 Å². The third kappa shape index (κ3) is 3.59. The van der Waals surface area contributed by atoms with Gasteiger partial charge >= 0.3 is 0 Å². The van der Waals surface area contributed by atoms with Gasteiger partial charge in [-0.05, 0) is 59.4 Å². The molecule has 0 aliphatic heterocycles. The Balaban J connectivity index is 1.58. The predicted molar refractivity (Wildman–Crippen MR) is 109 cm³/mol. The topological polar surface area (TPSA) is 0 Å². The lowest BCUT2D eigenvalue weighted by atomic mass is 9.83. The summed E-state index contributed by atoms with van der Waals surface area (Å²) in [4.78, 5) is 0. The van der Waals surface area contributed by atoms with E-state index in [2.05, 4.69) is 61.9 Å². The number of allylic oxidation sites excluding steroid dienone is 1. The maximum absolute atomic E-state index is 2.41. The first kappa shape index (κ1) is 16.6. The lowest BCUT2D eigenvalue weighted by Gasteiger charge is -2.22. The Morgan fingerprint density at radius 1 is 0.920 bits per heavy atom. The van der Waals surface area contributed by atoms with Gasteiger partial charge in [0, 0.05) is 6.42 Å². The zero-order valence-corrected chi connectivity index (χ0v) is 15.4. The van der Waals surface area contributed by atoms with Crippen molar-refractivity contribution in [2.75, 3.05) is 0 Å². The second-order valence-corrected chi connectivity index (χ2v) is 7.73. The first-order valence-electron chi connectivity index (χ1n) is 10.1. The van der Waals surface area contributed by atoms with Crippen molar-refractivity contribution in [3.63, 3.8) is 0 Å². The second kappa shape index (κ2) is 7.60. The Morgan fingerprint density at radius 2 is 1.72 bits per heavy atom. The fourth-order valence-electron chi connectivity index (χ4n) is 4.44. The van der Waals surface area contributed by atoms with Crippen molar-refractivity contribution in [3.05, 3.63) is 71.1 Å². The molecule has 0 atom stereocenters. The van der Waals surface area contributed by atoms with Crippen LogP contribution in [-0.4, -0.2) is 0 Å². The number of rotatable bonds is 5. The molecule has 0 aromatic heterocycles. The first-order valence-corrected chi connectivity index (χ1v) is 10.1. The van der Waals surface area contributed by atoms with Gasteiger partial charge in [0.05, 0.1) is 0 Å². The van der Waals surface area contributed by atoms with E-state index in [1.807, 2.05) is 0 Å². The Bertz CT molecular complexity index is 742. The highest BCUT2D eigenvalue weighted by Crippen LogP contribution is 2.38. The van der Waals surface area contributed by atoms with Gasteiger partial charge in [-0.3, -0.25) is 0 Å². The van der Waals surface area contributed by atoms with Gasteiger partial charge in [-0.15, -0.1) is 0 Å². The van der Waals surface area contributed by atoms with Crippen LogP contribution < -0.4 is 0 Å². The predicted octanol–water partition coefficient (Wildman–Crippen LogP) is 7.54. The Labute approximate surface area is 153 Å². The minimum atomic E-state index is 0.790. The molecule has 1 fully saturated rings. The molecule has 1 saturated carbocycles. The Hall–Kier alpha value is -1.82. The zero-order valence-electron chi connectivity index (χ0n) is 15.4. The van der Waals surface area contributed by atoms with Crippen LogP contribution in [0.5, 0.6) is 0 Å². The molecule has 0 bridgehead atoms. The van der Waals surface area contributed by atoms with E-state index in [0.29, 0.717) is 0 Å². The second-order valence-electron chi connectivity index (χ2n) is 7.73. The fraction of sp³-hybridized carbons (Fsp3) is 0.400. The maximum atomic E-state index is 2.41. The van der Waals surface area contributed by atoms with Crippen molar-refractivity contribution in [1.82, 2.24) is 0 Å². The lowest BCUT2D eigenvalue weighted by molar-refractivity contribution is 0.443. The van der Waals surface area contributed by atoms with E-state index in [4.69, 9.17) is 0 Å². The van der Waals surface area contributed by atoms with Gasteiger partial charge in [0.2, 0.25) is 0 Å². The number of fused-ring (bicyclic) bond motifs is 1. The van der Waals surface area contributed by atoms with Crippen molar-refractivity contribution in [2.24, 2.45) is 0 Å². The van der Waals surface area contributed by atoms with Crippen LogP contribution in [0.1, 0.15) is 80.9 Å². The summed E-state index contributed by atoms with van der Waals surface area (Å²) >= 11 is 0. The van der Waals surface area contributed by atoms with Crippen molar-refractivity contribution in [1.29, 1.82) is 0 Å². The highest BCUT2D eigenvalue weighted by Gasteiger charge is 2.18. The summed E-state index contributed by atoms with van der Waals surface area (Å²) in [5.41, 5.74) is 8.58. The fourth-order valence-corrected chi connectivity index (χ4v) is 4.44. The minimum Gasteiger partial charge on any atom is -0.0654 e. The van der Waals surface area contributed by atoms with Crippen LogP contribution in [0.3, 0.4) is 0 Å². The van der Waals surface area contributed by atoms with E-state index in [1.54, 1.807) is 5.56 Å². The van der Waals surface area contributed by atoms with Gasteiger partial charge in [-0.2, -0.15) is 0 Å². The molecule has 2 aliphatic rings. The smallest absolute Gasteiger partial charge is 0.0164 e. The van der Waals surface area contributed by atoms with Crippen molar-refractivity contribution >= 4 is 6.08 Å². The van der Waals surface area contributed by atoms with Crippen molar-refractivity contribution < 1.29 is 0 Å². The van der Waals surface area contributed by atoms with Gasteiger partial charge < -0.3 is 0 Å². The Morgan fingerprint density at radius 3 is 2.48 bits per heavy atom. The van der Waals surface area contributed by atoms with Crippen LogP contribution in [0.15, 0.2) is 48.0 Å². The van der Waals surface area contributed by atoms with Gasteiger partial charge in [0.1, 0.15) is 0 Å². The average molecular weight is 330 g/mol. The van der Waals surface area contributed by atoms with Gasteiger partial charge in [0.25, 0.3) is 0 Å². The summed E-state index contributed by atoms with van der Waals surface area (Å²) in [5.74, 6) is 0.790. The van der Waals surface area contributed by atoms with E-state index < -0.39 is 0 Å². The monoisotopic (exact) mass is 329 g/mol. The summed E-state index contributed by atoms with van der Waals surface area (Å²) in [6.45, 7) is 2.27. The molecule has 129 valence electrons. The van der Waals surface area contributed by atoms with Crippen LogP contribution in [0.2, 0.25) is 0 Å². The van der Waals surface area contributed by atoms with E-state index >= 15 is 0 Å². The summed E-state index contributed by atoms with van der Waals surface area (Å²) in [5, 5.41) is 0. The van der Waals surface area contributed by atoms with E-state index in [0.717, 1.165) is 5.92 Å². The third-order valence-corrected chi connectivity index (χ3v) is 5.93. The zero-order chi connectivity index (χ0) is 17.1. The molecule has 0 spiro atoms. The molecular formula is C25H29. The molecule has 2 aliphatic carbocycles. The molecule has 2 aromatic carbocycles. The summed E-state index contributed by atoms with van der Waals surface area (Å²) in [6.07, 6.45) is 15.5. The van der Waals surface area contributed by atoms with Crippen LogP contribution in [0.25, 0.3) is 17.2 Å². The van der Waals surface area contributed by atoms with Gasteiger partial charge in [0.15, 0.2) is 0 Å². The lowest BCUT2D eigenvalue weighted by Crippen LogP contribution is -2.04. The molecule has 2 aromatic rings. The van der Waals surface area contributed by atoms with Crippen LogP contribution in [0.4, 0.5) is 0 Å². The summed E-state index contributed by atoms with van der Waals surface area (Å²) in [7, 11) is 0. The van der Waals surface area contributed by atoms with Crippen molar-refractivity contribution in [3.8, 4) is 11.1 Å². The normalized spacial score (nSPS) is 17.4. The summed E-state index contributed by atoms with van der Waals surface area (Å²) < 4.78 is 0. The summed E-state index contributed by atoms with van der Waals surface area (Å²) in [6, 6.07) is 16.2. The molecule has 0 saturated heterocycles. The molecular weight excluding hydrogens is 300 g/mol.